The summed E-state index contributed by atoms with van der Waals surface area (Å²) >= 11 is 0. The van der Waals surface area contributed by atoms with E-state index in [0.29, 0.717) is 0 Å². The Bertz CT molecular complexity index is 474. The van der Waals surface area contributed by atoms with Gasteiger partial charge in [-0.25, -0.2) is 0 Å². The van der Waals surface area contributed by atoms with Crippen LogP contribution in [0.1, 0.15) is 22.4 Å². The maximum Gasteiger partial charge on any atom is 0.0535 e. The monoisotopic (exact) mass is 229 g/mol. The number of aryl methyl sites for hydroxylation is 2. The van der Waals surface area contributed by atoms with Gasteiger partial charge in [0.2, 0.25) is 0 Å². The Balaban J connectivity index is 1.77. The van der Waals surface area contributed by atoms with E-state index in [-0.39, 0.29) is 0 Å². The second kappa shape index (κ2) is 5.64. The number of aromatic nitrogens is 2. The van der Waals surface area contributed by atoms with Gasteiger partial charge in [-0.15, -0.1) is 0 Å². The number of rotatable bonds is 5. The Morgan fingerprint density at radius 1 is 1.18 bits per heavy atom. The topological polar surface area (TPSA) is 40.7 Å². The molecule has 0 fully saturated rings. The Labute approximate surface area is 102 Å². The molecule has 1 aromatic carbocycles. The number of benzene rings is 1. The van der Waals surface area contributed by atoms with E-state index in [1.807, 2.05) is 13.1 Å². The second-order valence-corrected chi connectivity index (χ2v) is 4.37. The van der Waals surface area contributed by atoms with Gasteiger partial charge < -0.3 is 5.32 Å². The molecule has 0 aliphatic rings. The molecule has 90 valence electrons. The number of aromatic amines is 1. The van der Waals surface area contributed by atoms with Crippen LogP contribution in [0.4, 0.5) is 0 Å². The maximum atomic E-state index is 4.01. The van der Waals surface area contributed by atoms with Gasteiger partial charge in [0.1, 0.15) is 0 Å². The van der Waals surface area contributed by atoms with Gasteiger partial charge in [-0.2, -0.15) is 5.10 Å². The van der Waals surface area contributed by atoms with Crippen molar-refractivity contribution >= 4 is 0 Å². The zero-order chi connectivity index (χ0) is 12.1. The number of nitrogens with zero attached hydrogens (tertiary/aromatic N) is 1. The summed E-state index contributed by atoms with van der Waals surface area (Å²) in [6.07, 6.45) is 2.96. The highest BCUT2D eigenvalue weighted by Gasteiger charge is 2.00. The minimum Gasteiger partial charge on any atom is -0.312 e. The lowest BCUT2D eigenvalue weighted by atomic mass is 10.1. The highest BCUT2D eigenvalue weighted by Crippen LogP contribution is 2.07. The van der Waals surface area contributed by atoms with Gasteiger partial charge in [-0.05, 0) is 37.9 Å². The standard InChI is InChI=1S/C14H19N3/c1-11-5-3-4-6-13(11)7-8-15-9-14-10-16-17-12(14)2/h3-6,10,15H,7-9H2,1-2H3,(H,16,17). The van der Waals surface area contributed by atoms with Crippen molar-refractivity contribution in [2.45, 2.75) is 26.8 Å². The van der Waals surface area contributed by atoms with E-state index in [1.54, 1.807) is 0 Å². The second-order valence-electron chi connectivity index (χ2n) is 4.37. The van der Waals surface area contributed by atoms with Gasteiger partial charge in [-0.3, -0.25) is 5.10 Å². The molecule has 3 nitrogen and oxygen atoms in total. The third-order valence-electron chi connectivity index (χ3n) is 3.08. The smallest absolute Gasteiger partial charge is 0.0535 e. The highest BCUT2D eigenvalue weighted by atomic mass is 15.1. The van der Waals surface area contributed by atoms with Crippen LogP contribution in [0.5, 0.6) is 0 Å². The van der Waals surface area contributed by atoms with E-state index in [1.165, 1.54) is 16.7 Å². The van der Waals surface area contributed by atoms with Crippen molar-refractivity contribution in [1.82, 2.24) is 15.5 Å². The van der Waals surface area contributed by atoms with Crippen molar-refractivity contribution in [2.24, 2.45) is 0 Å². The average molecular weight is 229 g/mol. The van der Waals surface area contributed by atoms with Crippen LogP contribution in [0.15, 0.2) is 30.5 Å². The van der Waals surface area contributed by atoms with Crippen LogP contribution < -0.4 is 5.32 Å². The van der Waals surface area contributed by atoms with Gasteiger partial charge in [-0.1, -0.05) is 24.3 Å². The van der Waals surface area contributed by atoms with Gasteiger partial charge in [0.15, 0.2) is 0 Å². The van der Waals surface area contributed by atoms with Crippen molar-refractivity contribution in [2.75, 3.05) is 6.54 Å². The maximum absolute atomic E-state index is 4.01. The minimum atomic E-state index is 0.883. The van der Waals surface area contributed by atoms with Crippen molar-refractivity contribution in [3.05, 3.63) is 52.8 Å². The number of hydrogen-bond acceptors (Lipinski definition) is 2. The number of H-pyrrole nitrogens is 1. The predicted molar refractivity (Wildman–Crippen MR) is 69.9 cm³/mol. The lowest BCUT2D eigenvalue weighted by molar-refractivity contribution is 0.683. The molecule has 0 saturated carbocycles. The summed E-state index contributed by atoms with van der Waals surface area (Å²) in [4.78, 5) is 0. The molecule has 1 aromatic heterocycles. The van der Waals surface area contributed by atoms with Crippen molar-refractivity contribution in [3.63, 3.8) is 0 Å². The molecule has 0 unspecified atom stereocenters. The molecule has 3 heteroatoms. The molecule has 0 radical (unpaired) electrons. The van der Waals surface area contributed by atoms with Crippen LogP contribution in [0.3, 0.4) is 0 Å². The Morgan fingerprint density at radius 2 is 2.00 bits per heavy atom. The van der Waals surface area contributed by atoms with Crippen LogP contribution in [-0.4, -0.2) is 16.7 Å². The quantitative estimate of drug-likeness (QED) is 0.773. The molecule has 0 aliphatic carbocycles. The van der Waals surface area contributed by atoms with Gasteiger partial charge in [0, 0.05) is 17.8 Å². The summed E-state index contributed by atoms with van der Waals surface area (Å²) in [7, 11) is 0. The van der Waals surface area contributed by atoms with Gasteiger partial charge in [0.05, 0.1) is 6.20 Å². The summed E-state index contributed by atoms with van der Waals surface area (Å²) in [6.45, 7) is 6.09. The first-order valence-corrected chi connectivity index (χ1v) is 6.01. The summed E-state index contributed by atoms with van der Waals surface area (Å²) in [5.74, 6) is 0. The van der Waals surface area contributed by atoms with E-state index < -0.39 is 0 Å². The Hall–Kier alpha value is -1.61. The van der Waals surface area contributed by atoms with Crippen LogP contribution in [-0.2, 0) is 13.0 Å². The minimum absolute atomic E-state index is 0.883. The molecule has 0 bridgehead atoms. The van der Waals surface area contributed by atoms with E-state index in [9.17, 15) is 0 Å². The summed E-state index contributed by atoms with van der Waals surface area (Å²) in [5, 5.41) is 10.4. The zero-order valence-corrected chi connectivity index (χ0v) is 10.5. The first kappa shape index (κ1) is 11.9. The molecule has 2 aromatic rings. The van der Waals surface area contributed by atoms with Crippen LogP contribution in [0.25, 0.3) is 0 Å². The fourth-order valence-corrected chi connectivity index (χ4v) is 1.89. The third kappa shape index (κ3) is 3.17. The normalized spacial score (nSPS) is 10.7. The lowest BCUT2D eigenvalue weighted by Crippen LogP contribution is -2.17. The fraction of sp³-hybridized carbons (Fsp3) is 0.357. The van der Waals surface area contributed by atoms with Crippen LogP contribution >= 0.6 is 0 Å². The summed E-state index contributed by atoms with van der Waals surface area (Å²) < 4.78 is 0. The summed E-state index contributed by atoms with van der Waals surface area (Å²) in [6, 6.07) is 8.54. The molecule has 2 rings (SSSR count). The van der Waals surface area contributed by atoms with Crippen LogP contribution in [0.2, 0.25) is 0 Å². The average Bonchev–Trinajstić information content (AvgIpc) is 2.73. The van der Waals surface area contributed by atoms with Crippen molar-refractivity contribution in [1.29, 1.82) is 0 Å². The van der Waals surface area contributed by atoms with E-state index >= 15 is 0 Å². The first-order chi connectivity index (χ1) is 8.27. The van der Waals surface area contributed by atoms with Crippen molar-refractivity contribution in [3.8, 4) is 0 Å². The molecule has 0 amide bonds. The Morgan fingerprint density at radius 3 is 2.71 bits per heavy atom. The molecule has 0 saturated heterocycles. The van der Waals surface area contributed by atoms with Gasteiger partial charge in [0.25, 0.3) is 0 Å². The summed E-state index contributed by atoms with van der Waals surface area (Å²) in [5.41, 5.74) is 5.18. The molecule has 1 heterocycles. The van der Waals surface area contributed by atoms with Crippen LogP contribution in [0, 0.1) is 13.8 Å². The first-order valence-electron chi connectivity index (χ1n) is 6.01. The van der Waals surface area contributed by atoms with E-state index in [2.05, 4.69) is 46.7 Å². The van der Waals surface area contributed by atoms with Crippen molar-refractivity contribution < 1.29 is 0 Å². The largest absolute Gasteiger partial charge is 0.312 e. The molecule has 0 spiro atoms. The number of nitrogens with one attached hydrogen (secondary N) is 2. The highest BCUT2D eigenvalue weighted by molar-refractivity contribution is 5.25. The lowest BCUT2D eigenvalue weighted by Gasteiger charge is -2.06. The Kier molecular flexibility index (Phi) is 3.94. The van der Waals surface area contributed by atoms with E-state index in [0.717, 1.165) is 25.2 Å². The SMILES string of the molecule is Cc1ccccc1CCNCc1cn[nH]c1C. The molecule has 2 N–H and O–H groups in total. The fourth-order valence-electron chi connectivity index (χ4n) is 1.89. The molecule has 0 aliphatic heterocycles. The predicted octanol–water partition coefficient (Wildman–Crippen LogP) is 2.36. The number of hydrogen-bond donors (Lipinski definition) is 2. The van der Waals surface area contributed by atoms with E-state index in [4.69, 9.17) is 0 Å². The third-order valence-corrected chi connectivity index (χ3v) is 3.08. The molecular weight excluding hydrogens is 210 g/mol. The molecular formula is C14H19N3. The molecule has 0 atom stereocenters. The molecule has 17 heavy (non-hydrogen) atoms. The van der Waals surface area contributed by atoms with Gasteiger partial charge >= 0.3 is 0 Å². The zero-order valence-electron chi connectivity index (χ0n) is 10.5.